The Balaban J connectivity index is 1.58. The fourth-order valence-corrected chi connectivity index (χ4v) is 2.51. The van der Waals surface area contributed by atoms with Crippen molar-refractivity contribution < 1.29 is 0 Å². The SMILES string of the molecule is c1cc(-n2cc(CNCC3CC3)nn2)c2cccnc2c1. The second-order valence-electron chi connectivity index (χ2n) is 5.58. The molecule has 0 spiro atoms. The van der Waals surface area contributed by atoms with Crippen LogP contribution in [0, 0.1) is 5.92 Å². The molecule has 1 saturated carbocycles. The average Bonchev–Trinajstić information content (AvgIpc) is 3.23. The zero-order chi connectivity index (χ0) is 14.1. The minimum Gasteiger partial charge on any atom is -0.311 e. The lowest BCUT2D eigenvalue weighted by Gasteiger charge is -2.04. The Hall–Kier alpha value is -2.27. The molecular weight excluding hydrogens is 262 g/mol. The van der Waals surface area contributed by atoms with Crippen LogP contribution < -0.4 is 5.32 Å². The third-order valence-electron chi connectivity index (χ3n) is 3.85. The monoisotopic (exact) mass is 279 g/mol. The molecule has 1 aliphatic carbocycles. The third-order valence-corrected chi connectivity index (χ3v) is 3.85. The molecule has 1 fully saturated rings. The van der Waals surface area contributed by atoms with E-state index in [-0.39, 0.29) is 0 Å². The van der Waals surface area contributed by atoms with Crippen LogP contribution in [0.4, 0.5) is 0 Å². The van der Waals surface area contributed by atoms with E-state index in [2.05, 4.69) is 26.7 Å². The molecular formula is C16H17N5. The lowest BCUT2D eigenvalue weighted by atomic mass is 10.2. The Morgan fingerprint density at radius 2 is 2.14 bits per heavy atom. The molecule has 0 radical (unpaired) electrons. The molecule has 5 heteroatoms. The second kappa shape index (κ2) is 5.26. The zero-order valence-electron chi connectivity index (χ0n) is 11.7. The van der Waals surface area contributed by atoms with Gasteiger partial charge in [0.2, 0.25) is 0 Å². The molecule has 0 saturated heterocycles. The molecule has 2 aromatic heterocycles. The van der Waals surface area contributed by atoms with Crippen molar-refractivity contribution in [3.63, 3.8) is 0 Å². The first-order chi connectivity index (χ1) is 10.4. The number of fused-ring (bicyclic) bond motifs is 1. The van der Waals surface area contributed by atoms with Crippen LogP contribution in [0.1, 0.15) is 18.5 Å². The van der Waals surface area contributed by atoms with Gasteiger partial charge in [-0.1, -0.05) is 11.3 Å². The Labute approximate surface area is 123 Å². The van der Waals surface area contributed by atoms with Crippen LogP contribution in [0.25, 0.3) is 16.6 Å². The standard InChI is InChI=1S/C16H17N5/c1-4-15-14(3-2-8-18-15)16(5-1)21-11-13(19-20-21)10-17-9-12-6-7-12/h1-5,8,11-12,17H,6-7,9-10H2. The molecule has 106 valence electrons. The first-order valence-corrected chi connectivity index (χ1v) is 7.36. The summed E-state index contributed by atoms with van der Waals surface area (Å²) in [7, 11) is 0. The van der Waals surface area contributed by atoms with Crippen molar-refractivity contribution in [1.82, 2.24) is 25.3 Å². The minimum atomic E-state index is 0.777. The van der Waals surface area contributed by atoms with Gasteiger partial charge in [0, 0.05) is 18.1 Å². The van der Waals surface area contributed by atoms with E-state index in [1.54, 1.807) is 6.20 Å². The Kier molecular flexibility index (Phi) is 3.12. The highest BCUT2D eigenvalue weighted by molar-refractivity contribution is 5.86. The second-order valence-corrected chi connectivity index (χ2v) is 5.58. The molecule has 0 aliphatic heterocycles. The molecule has 0 atom stereocenters. The average molecular weight is 279 g/mol. The van der Waals surface area contributed by atoms with Crippen LogP contribution in [0.2, 0.25) is 0 Å². The van der Waals surface area contributed by atoms with E-state index in [4.69, 9.17) is 0 Å². The van der Waals surface area contributed by atoms with E-state index in [9.17, 15) is 0 Å². The first kappa shape index (κ1) is 12.5. The highest BCUT2D eigenvalue weighted by Gasteiger charge is 2.20. The molecule has 3 aromatic rings. The predicted octanol–water partition coefficient (Wildman–Crippen LogP) is 2.32. The Bertz CT molecular complexity index is 755. The van der Waals surface area contributed by atoms with Crippen molar-refractivity contribution in [3.05, 3.63) is 48.4 Å². The third kappa shape index (κ3) is 2.64. The summed E-state index contributed by atoms with van der Waals surface area (Å²) in [4.78, 5) is 4.38. The van der Waals surface area contributed by atoms with Crippen molar-refractivity contribution >= 4 is 10.9 Å². The van der Waals surface area contributed by atoms with Gasteiger partial charge in [0.05, 0.1) is 23.1 Å². The smallest absolute Gasteiger partial charge is 0.0969 e. The van der Waals surface area contributed by atoms with Crippen molar-refractivity contribution in [2.75, 3.05) is 6.54 Å². The van der Waals surface area contributed by atoms with Crippen LogP contribution >= 0.6 is 0 Å². The van der Waals surface area contributed by atoms with Crippen molar-refractivity contribution in [1.29, 1.82) is 0 Å². The van der Waals surface area contributed by atoms with Crippen LogP contribution in [-0.4, -0.2) is 26.5 Å². The van der Waals surface area contributed by atoms with E-state index in [0.717, 1.165) is 41.3 Å². The molecule has 1 aromatic carbocycles. The summed E-state index contributed by atoms with van der Waals surface area (Å²) in [6.45, 7) is 1.87. The number of hydrogen-bond donors (Lipinski definition) is 1. The van der Waals surface area contributed by atoms with Gasteiger partial charge >= 0.3 is 0 Å². The number of aromatic nitrogens is 4. The molecule has 21 heavy (non-hydrogen) atoms. The van der Waals surface area contributed by atoms with E-state index in [0.29, 0.717) is 0 Å². The fourth-order valence-electron chi connectivity index (χ4n) is 2.51. The largest absolute Gasteiger partial charge is 0.311 e. The van der Waals surface area contributed by atoms with Gasteiger partial charge in [0.1, 0.15) is 0 Å². The number of rotatable bonds is 5. The number of nitrogens with one attached hydrogen (secondary N) is 1. The number of benzene rings is 1. The maximum atomic E-state index is 4.38. The highest BCUT2D eigenvalue weighted by Crippen LogP contribution is 2.27. The van der Waals surface area contributed by atoms with Crippen molar-refractivity contribution in [2.24, 2.45) is 5.92 Å². The van der Waals surface area contributed by atoms with Crippen molar-refractivity contribution in [2.45, 2.75) is 19.4 Å². The predicted molar refractivity (Wildman–Crippen MR) is 81.1 cm³/mol. The Morgan fingerprint density at radius 1 is 1.19 bits per heavy atom. The first-order valence-electron chi connectivity index (χ1n) is 7.36. The van der Waals surface area contributed by atoms with Crippen LogP contribution in [0.5, 0.6) is 0 Å². The summed E-state index contributed by atoms with van der Waals surface area (Å²) in [6, 6.07) is 10.1. The van der Waals surface area contributed by atoms with Crippen LogP contribution in [0.3, 0.4) is 0 Å². The minimum absolute atomic E-state index is 0.777. The summed E-state index contributed by atoms with van der Waals surface area (Å²) in [6.07, 6.45) is 6.52. The van der Waals surface area contributed by atoms with Gasteiger partial charge in [-0.05, 0) is 49.6 Å². The van der Waals surface area contributed by atoms with Gasteiger partial charge in [0.25, 0.3) is 0 Å². The van der Waals surface area contributed by atoms with Gasteiger partial charge in [-0.3, -0.25) is 4.98 Å². The normalized spacial score (nSPS) is 14.7. The zero-order valence-corrected chi connectivity index (χ0v) is 11.7. The Morgan fingerprint density at radius 3 is 3.05 bits per heavy atom. The number of hydrogen-bond acceptors (Lipinski definition) is 4. The lowest BCUT2D eigenvalue weighted by Crippen LogP contribution is -2.16. The van der Waals surface area contributed by atoms with Gasteiger partial charge in [-0.25, -0.2) is 4.68 Å². The molecule has 0 amide bonds. The summed E-state index contributed by atoms with van der Waals surface area (Å²) in [5.74, 6) is 0.879. The molecule has 0 unspecified atom stereocenters. The van der Waals surface area contributed by atoms with Crippen LogP contribution in [-0.2, 0) is 6.54 Å². The van der Waals surface area contributed by atoms with Gasteiger partial charge in [-0.2, -0.15) is 0 Å². The lowest BCUT2D eigenvalue weighted by molar-refractivity contribution is 0.628. The maximum Gasteiger partial charge on any atom is 0.0969 e. The highest BCUT2D eigenvalue weighted by atomic mass is 15.4. The topological polar surface area (TPSA) is 55.6 Å². The molecule has 4 rings (SSSR count). The van der Waals surface area contributed by atoms with E-state index in [1.807, 2.05) is 35.1 Å². The summed E-state index contributed by atoms with van der Waals surface area (Å²) in [5.41, 5.74) is 2.96. The summed E-state index contributed by atoms with van der Waals surface area (Å²) < 4.78 is 1.83. The summed E-state index contributed by atoms with van der Waals surface area (Å²) >= 11 is 0. The fraction of sp³-hybridized carbons (Fsp3) is 0.312. The van der Waals surface area contributed by atoms with Gasteiger partial charge in [-0.15, -0.1) is 5.10 Å². The molecule has 2 heterocycles. The van der Waals surface area contributed by atoms with Gasteiger partial charge < -0.3 is 5.32 Å². The quantitative estimate of drug-likeness (QED) is 0.778. The number of nitrogens with zero attached hydrogens (tertiary/aromatic N) is 4. The maximum absolute atomic E-state index is 4.38. The molecule has 5 nitrogen and oxygen atoms in total. The molecule has 1 aliphatic rings. The van der Waals surface area contributed by atoms with E-state index < -0.39 is 0 Å². The molecule has 0 bridgehead atoms. The summed E-state index contributed by atoms with van der Waals surface area (Å²) in [5, 5.41) is 13.0. The number of pyridine rings is 1. The van der Waals surface area contributed by atoms with E-state index in [1.165, 1.54) is 12.8 Å². The molecule has 1 N–H and O–H groups in total. The van der Waals surface area contributed by atoms with Gasteiger partial charge in [0.15, 0.2) is 0 Å². The van der Waals surface area contributed by atoms with E-state index >= 15 is 0 Å². The van der Waals surface area contributed by atoms with Crippen molar-refractivity contribution in [3.8, 4) is 5.69 Å². The van der Waals surface area contributed by atoms with Crippen LogP contribution in [0.15, 0.2) is 42.7 Å².